The zero-order valence-corrected chi connectivity index (χ0v) is 25.7. The van der Waals surface area contributed by atoms with Crippen molar-refractivity contribution in [3.8, 4) is 5.75 Å². The van der Waals surface area contributed by atoms with Gasteiger partial charge in [-0.25, -0.2) is 8.42 Å². The molecule has 0 aliphatic carbocycles. The third-order valence-electron chi connectivity index (χ3n) is 7.24. The van der Waals surface area contributed by atoms with E-state index < -0.39 is 28.5 Å². The van der Waals surface area contributed by atoms with Crippen molar-refractivity contribution in [2.24, 2.45) is 0 Å². The molecule has 0 radical (unpaired) electrons. The van der Waals surface area contributed by atoms with Crippen LogP contribution in [-0.4, -0.2) is 51.9 Å². The van der Waals surface area contributed by atoms with Crippen LogP contribution >= 0.6 is 0 Å². The number of carbonyl (C=O) groups is 2. The van der Waals surface area contributed by atoms with Gasteiger partial charge in [-0.3, -0.25) is 13.9 Å². The van der Waals surface area contributed by atoms with Gasteiger partial charge >= 0.3 is 0 Å². The summed E-state index contributed by atoms with van der Waals surface area (Å²) in [6.45, 7) is 3.44. The molecular formula is C34H37N3O5S. The summed E-state index contributed by atoms with van der Waals surface area (Å²) in [7, 11) is -1.11. The summed E-state index contributed by atoms with van der Waals surface area (Å²) in [4.78, 5) is 29.2. The number of methoxy groups -OCH3 is 1. The summed E-state index contributed by atoms with van der Waals surface area (Å²) in [5, 5.41) is 2.70. The summed E-state index contributed by atoms with van der Waals surface area (Å²) in [6, 6.07) is 29.2. The van der Waals surface area contributed by atoms with E-state index in [4.69, 9.17) is 4.74 Å². The van der Waals surface area contributed by atoms with Gasteiger partial charge < -0.3 is 15.0 Å². The van der Waals surface area contributed by atoms with Crippen LogP contribution < -0.4 is 14.4 Å². The first kappa shape index (κ1) is 31.3. The summed E-state index contributed by atoms with van der Waals surface area (Å²) < 4.78 is 34.4. The van der Waals surface area contributed by atoms with Crippen molar-refractivity contribution in [1.29, 1.82) is 0 Å². The maximum Gasteiger partial charge on any atom is 0.264 e. The average Bonchev–Trinajstić information content (AvgIpc) is 3.02. The molecule has 9 heteroatoms. The molecule has 2 amide bonds. The van der Waals surface area contributed by atoms with Crippen LogP contribution in [0.3, 0.4) is 0 Å². The Morgan fingerprint density at radius 2 is 1.37 bits per heavy atom. The van der Waals surface area contributed by atoms with Gasteiger partial charge in [0.05, 0.1) is 17.7 Å². The maximum atomic E-state index is 14.3. The predicted octanol–water partition coefficient (Wildman–Crippen LogP) is 4.89. The first-order valence-corrected chi connectivity index (χ1v) is 15.4. The zero-order chi connectivity index (χ0) is 31.0. The fourth-order valence-electron chi connectivity index (χ4n) is 4.73. The second-order valence-electron chi connectivity index (χ2n) is 10.3. The summed E-state index contributed by atoms with van der Waals surface area (Å²) in [6.07, 6.45) is 0.255. The quantitative estimate of drug-likeness (QED) is 0.250. The highest BCUT2D eigenvalue weighted by atomic mass is 32.2. The Labute approximate surface area is 254 Å². The van der Waals surface area contributed by atoms with Gasteiger partial charge in [0.2, 0.25) is 11.8 Å². The Balaban J connectivity index is 1.78. The molecule has 43 heavy (non-hydrogen) atoms. The zero-order valence-electron chi connectivity index (χ0n) is 24.9. The normalized spacial score (nSPS) is 11.8. The molecule has 0 bridgehead atoms. The van der Waals surface area contributed by atoms with Gasteiger partial charge in [-0.2, -0.15) is 0 Å². The van der Waals surface area contributed by atoms with E-state index in [0.717, 1.165) is 26.6 Å². The van der Waals surface area contributed by atoms with E-state index in [1.54, 1.807) is 36.4 Å². The Kier molecular flexibility index (Phi) is 10.2. The van der Waals surface area contributed by atoms with E-state index in [1.807, 2.05) is 68.4 Å². The molecule has 1 N–H and O–H groups in total. The second kappa shape index (κ2) is 14.0. The minimum absolute atomic E-state index is 0.0546. The number of sulfonamides is 1. The standard InChI is InChI=1S/C34H37N3O5S/c1-25-10-14-28(15-11-25)23-36(32(34(39)35-3)22-27-8-6-5-7-9-27)33(38)24-37(29-16-18-30(42-4)19-17-29)43(40,41)31-20-12-26(2)13-21-31/h5-21,32H,22-24H2,1-4H3,(H,35,39)/t32-/m0/s1. The summed E-state index contributed by atoms with van der Waals surface area (Å²) in [5.74, 6) is -0.315. The van der Waals surface area contributed by atoms with Crippen molar-refractivity contribution < 1.29 is 22.7 Å². The fraction of sp³-hybridized carbons (Fsp3) is 0.235. The number of hydrogen-bond donors (Lipinski definition) is 1. The highest BCUT2D eigenvalue weighted by Gasteiger charge is 2.34. The SMILES string of the molecule is CNC(=O)[C@H](Cc1ccccc1)N(Cc1ccc(C)cc1)C(=O)CN(c1ccc(OC)cc1)S(=O)(=O)c1ccc(C)cc1. The molecule has 0 heterocycles. The maximum absolute atomic E-state index is 14.3. The molecule has 0 spiro atoms. The number of nitrogens with zero attached hydrogens (tertiary/aromatic N) is 2. The van der Waals surface area contributed by atoms with Crippen molar-refractivity contribution in [2.45, 2.75) is 37.8 Å². The van der Waals surface area contributed by atoms with E-state index in [2.05, 4.69) is 5.32 Å². The van der Waals surface area contributed by atoms with E-state index in [9.17, 15) is 18.0 Å². The molecule has 0 aliphatic rings. The smallest absolute Gasteiger partial charge is 0.264 e. The van der Waals surface area contributed by atoms with E-state index in [-0.39, 0.29) is 23.8 Å². The molecule has 4 aromatic rings. The van der Waals surface area contributed by atoms with Crippen LogP contribution in [0, 0.1) is 13.8 Å². The second-order valence-corrected chi connectivity index (χ2v) is 12.2. The van der Waals surface area contributed by atoms with E-state index in [0.29, 0.717) is 11.4 Å². The van der Waals surface area contributed by atoms with Gasteiger partial charge in [0.15, 0.2) is 0 Å². The number of carbonyl (C=O) groups excluding carboxylic acids is 2. The van der Waals surface area contributed by atoms with Gasteiger partial charge in [-0.15, -0.1) is 0 Å². The third-order valence-corrected chi connectivity index (χ3v) is 9.03. The van der Waals surface area contributed by atoms with Crippen LogP contribution in [0.4, 0.5) is 5.69 Å². The topological polar surface area (TPSA) is 96.0 Å². The third kappa shape index (κ3) is 7.81. The Bertz CT molecular complexity index is 1620. The van der Waals surface area contributed by atoms with Gasteiger partial charge in [-0.05, 0) is 61.4 Å². The Hall–Kier alpha value is -4.63. The van der Waals surface area contributed by atoms with Gasteiger partial charge in [-0.1, -0.05) is 77.9 Å². The van der Waals surface area contributed by atoms with Crippen molar-refractivity contribution in [3.63, 3.8) is 0 Å². The van der Waals surface area contributed by atoms with Crippen LogP contribution in [0.2, 0.25) is 0 Å². The highest BCUT2D eigenvalue weighted by Crippen LogP contribution is 2.27. The number of nitrogens with one attached hydrogen (secondary N) is 1. The highest BCUT2D eigenvalue weighted by molar-refractivity contribution is 7.92. The molecule has 8 nitrogen and oxygen atoms in total. The van der Waals surface area contributed by atoms with Crippen molar-refractivity contribution in [3.05, 3.63) is 125 Å². The van der Waals surface area contributed by atoms with Crippen molar-refractivity contribution >= 4 is 27.5 Å². The lowest BCUT2D eigenvalue weighted by Crippen LogP contribution is -2.53. The minimum atomic E-state index is -4.16. The number of ether oxygens (including phenoxy) is 1. The molecule has 224 valence electrons. The number of aryl methyl sites for hydroxylation is 2. The first-order chi connectivity index (χ1) is 20.6. The van der Waals surface area contributed by atoms with Gasteiger partial charge in [0.25, 0.3) is 10.0 Å². The van der Waals surface area contributed by atoms with Crippen molar-refractivity contribution in [2.75, 3.05) is 25.0 Å². The first-order valence-electron chi connectivity index (χ1n) is 14.0. The molecule has 0 aromatic heterocycles. The lowest BCUT2D eigenvalue weighted by Gasteiger charge is -2.33. The van der Waals surface area contributed by atoms with Crippen LogP contribution in [-0.2, 0) is 32.6 Å². The number of amides is 2. The number of rotatable bonds is 12. The molecule has 0 unspecified atom stereocenters. The van der Waals surface area contributed by atoms with Crippen LogP contribution in [0.15, 0.2) is 108 Å². The monoisotopic (exact) mass is 599 g/mol. The molecule has 0 saturated carbocycles. The van der Waals surface area contributed by atoms with E-state index >= 15 is 0 Å². The van der Waals surface area contributed by atoms with Gasteiger partial charge in [0, 0.05) is 20.0 Å². The molecule has 1 atom stereocenters. The molecule has 0 fully saturated rings. The van der Waals surface area contributed by atoms with E-state index in [1.165, 1.54) is 31.2 Å². The Morgan fingerprint density at radius 1 is 0.791 bits per heavy atom. The Morgan fingerprint density at radius 3 is 1.93 bits per heavy atom. The average molecular weight is 600 g/mol. The number of anilines is 1. The number of hydrogen-bond acceptors (Lipinski definition) is 5. The lowest BCUT2D eigenvalue weighted by atomic mass is 10.0. The predicted molar refractivity (Wildman–Crippen MR) is 168 cm³/mol. The van der Waals surface area contributed by atoms with Crippen LogP contribution in [0.5, 0.6) is 5.75 Å². The number of likely N-dealkylation sites (N-methyl/N-ethyl adjacent to an activating group) is 1. The molecule has 4 rings (SSSR count). The lowest BCUT2D eigenvalue weighted by molar-refractivity contribution is -0.139. The minimum Gasteiger partial charge on any atom is -0.497 e. The molecule has 0 saturated heterocycles. The van der Waals surface area contributed by atoms with Crippen molar-refractivity contribution in [1.82, 2.24) is 10.2 Å². The summed E-state index contributed by atoms with van der Waals surface area (Å²) >= 11 is 0. The van der Waals surface area contributed by atoms with Crippen LogP contribution in [0.25, 0.3) is 0 Å². The largest absolute Gasteiger partial charge is 0.497 e. The van der Waals surface area contributed by atoms with Crippen LogP contribution in [0.1, 0.15) is 22.3 Å². The van der Waals surface area contributed by atoms with Gasteiger partial charge in [0.1, 0.15) is 18.3 Å². The molecular weight excluding hydrogens is 562 g/mol. The summed E-state index contributed by atoms with van der Waals surface area (Å²) in [5.41, 5.74) is 3.95. The fourth-order valence-corrected chi connectivity index (χ4v) is 6.14. The molecule has 4 aromatic carbocycles. The molecule has 0 aliphatic heterocycles. The number of benzene rings is 4.